The van der Waals surface area contributed by atoms with Gasteiger partial charge in [0.05, 0.1) is 27.4 Å². The molecule has 1 fully saturated rings. The highest BCUT2D eigenvalue weighted by Gasteiger charge is 2.44. The number of benzene rings is 1. The van der Waals surface area contributed by atoms with E-state index in [0.29, 0.717) is 12.5 Å². The Hall–Kier alpha value is -1.26. The van der Waals surface area contributed by atoms with Gasteiger partial charge in [-0.25, -0.2) is 0 Å². The van der Waals surface area contributed by atoms with E-state index in [0.717, 1.165) is 31.1 Å². The van der Waals surface area contributed by atoms with E-state index < -0.39 is 0 Å². The van der Waals surface area contributed by atoms with Crippen molar-refractivity contribution in [2.75, 3.05) is 34.0 Å². The van der Waals surface area contributed by atoms with Gasteiger partial charge in [-0.1, -0.05) is 13.0 Å². The summed E-state index contributed by atoms with van der Waals surface area (Å²) in [6, 6.07) is 6.13. The van der Waals surface area contributed by atoms with Crippen LogP contribution in [0.5, 0.6) is 11.5 Å². The molecule has 1 aromatic rings. The molecule has 0 amide bonds. The van der Waals surface area contributed by atoms with Crippen molar-refractivity contribution in [1.29, 1.82) is 0 Å². The van der Waals surface area contributed by atoms with E-state index >= 15 is 0 Å². The maximum atomic E-state index is 5.70. The van der Waals surface area contributed by atoms with Crippen LogP contribution in [-0.2, 0) is 10.2 Å². The smallest absolute Gasteiger partial charge is 0.161 e. The third kappa shape index (κ3) is 2.42. The van der Waals surface area contributed by atoms with Crippen LogP contribution in [0.3, 0.4) is 0 Å². The van der Waals surface area contributed by atoms with Gasteiger partial charge in [-0.15, -0.1) is 0 Å². The minimum atomic E-state index is 0.0684. The molecule has 0 spiro atoms. The highest BCUT2D eigenvalue weighted by Crippen LogP contribution is 2.43. The Morgan fingerprint density at radius 2 is 1.95 bits per heavy atom. The molecule has 0 bridgehead atoms. The fourth-order valence-electron chi connectivity index (χ4n) is 2.73. The van der Waals surface area contributed by atoms with Gasteiger partial charge in [0.25, 0.3) is 0 Å². The molecule has 0 aromatic heterocycles. The molecule has 0 radical (unpaired) electrons. The summed E-state index contributed by atoms with van der Waals surface area (Å²) in [6.45, 7) is 4.45. The van der Waals surface area contributed by atoms with Crippen LogP contribution in [0.1, 0.15) is 18.9 Å². The largest absolute Gasteiger partial charge is 0.493 e. The van der Waals surface area contributed by atoms with Gasteiger partial charge in [-0.3, -0.25) is 0 Å². The number of hydrogen-bond acceptors (Lipinski definition) is 4. The van der Waals surface area contributed by atoms with E-state index in [1.807, 2.05) is 6.07 Å². The predicted molar refractivity (Wildman–Crippen MR) is 74.9 cm³/mol. The molecule has 4 nitrogen and oxygen atoms in total. The monoisotopic (exact) mass is 265 g/mol. The molecule has 1 atom stereocenters. The number of rotatable bonds is 6. The second-order valence-electron chi connectivity index (χ2n) is 5.20. The summed E-state index contributed by atoms with van der Waals surface area (Å²) in [7, 11) is 3.31. The highest BCUT2D eigenvalue weighted by atomic mass is 16.5. The number of hydrogen-bond donors (Lipinski definition) is 1. The van der Waals surface area contributed by atoms with Crippen LogP contribution < -0.4 is 15.2 Å². The van der Waals surface area contributed by atoms with Crippen molar-refractivity contribution in [3.05, 3.63) is 23.8 Å². The van der Waals surface area contributed by atoms with Crippen LogP contribution in [0.2, 0.25) is 0 Å². The van der Waals surface area contributed by atoms with Crippen molar-refractivity contribution >= 4 is 0 Å². The maximum absolute atomic E-state index is 5.70. The molecule has 1 unspecified atom stereocenters. The molecule has 1 heterocycles. The molecule has 19 heavy (non-hydrogen) atoms. The van der Waals surface area contributed by atoms with Crippen LogP contribution >= 0.6 is 0 Å². The Labute approximate surface area is 114 Å². The van der Waals surface area contributed by atoms with Gasteiger partial charge < -0.3 is 19.9 Å². The zero-order valence-electron chi connectivity index (χ0n) is 11.9. The van der Waals surface area contributed by atoms with Gasteiger partial charge >= 0.3 is 0 Å². The summed E-state index contributed by atoms with van der Waals surface area (Å²) in [5.74, 6) is 2.02. The van der Waals surface area contributed by atoms with E-state index in [-0.39, 0.29) is 5.41 Å². The second-order valence-corrected chi connectivity index (χ2v) is 5.20. The fourth-order valence-corrected chi connectivity index (χ4v) is 2.73. The second kappa shape index (κ2) is 5.80. The Morgan fingerprint density at radius 1 is 1.26 bits per heavy atom. The highest BCUT2D eigenvalue weighted by molar-refractivity contribution is 5.46. The van der Waals surface area contributed by atoms with Crippen LogP contribution in [0, 0.1) is 5.92 Å². The summed E-state index contributed by atoms with van der Waals surface area (Å²) >= 11 is 0. The molecule has 2 N–H and O–H groups in total. The lowest BCUT2D eigenvalue weighted by atomic mass is 9.68. The zero-order chi connectivity index (χ0) is 13.9. The molecule has 106 valence electrons. The minimum absolute atomic E-state index is 0.0684. The van der Waals surface area contributed by atoms with Crippen molar-refractivity contribution in [2.45, 2.75) is 18.8 Å². The van der Waals surface area contributed by atoms with Gasteiger partial charge in [0, 0.05) is 5.41 Å². The van der Waals surface area contributed by atoms with Crippen LogP contribution in [0.4, 0.5) is 0 Å². The molecule has 1 aromatic carbocycles. The summed E-state index contributed by atoms with van der Waals surface area (Å²) in [4.78, 5) is 0. The topological polar surface area (TPSA) is 53.7 Å². The maximum Gasteiger partial charge on any atom is 0.161 e. The van der Waals surface area contributed by atoms with E-state index in [4.69, 9.17) is 19.9 Å². The fraction of sp³-hybridized carbons (Fsp3) is 0.600. The lowest BCUT2D eigenvalue weighted by Crippen LogP contribution is -2.52. The molecule has 1 aliphatic rings. The van der Waals surface area contributed by atoms with Crippen molar-refractivity contribution in [2.24, 2.45) is 11.7 Å². The Balaban J connectivity index is 2.33. The first-order valence-electron chi connectivity index (χ1n) is 6.68. The van der Waals surface area contributed by atoms with E-state index in [9.17, 15) is 0 Å². The van der Waals surface area contributed by atoms with Gasteiger partial charge in [0.1, 0.15) is 0 Å². The number of ether oxygens (including phenoxy) is 3. The van der Waals surface area contributed by atoms with Crippen LogP contribution in [-0.4, -0.2) is 34.0 Å². The first kappa shape index (κ1) is 14.2. The van der Waals surface area contributed by atoms with Crippen molar-refractivity contribution < 1.29 is 14.2 Å². The average molecular weight is 265 g/mol. The molecule has 2 rings (SSSR count). The number of methoxy groups -OCH3 is 2. The molecule has 4 heteroatoms. The summed E-state index contributed by atoms with van der Waals surface area (Å²) < 4.78 is 16.2. The standard InChI is InChI=1S/C15H23NO3/c1-11(6-7-16)15(9-19-10-15)12-4-5-13(17-2)14(8-12)18-3/h4-5,8,11H,6-7,9-10,16H2,1-3H3. The molecular weight excluding hydrogens is 242 g/mol. The molecule has 0 saturated carbocycles. The normalized spacial score (nSPS) is 18.5. The van der Waals surface area contributed by atoms with Crippen molar-refractivity contribution in [3.63, 3.8) is 0 Å². The quantitative estimate of drug-likeness (QED) is 0.854. The SMILES string of the molecule is COc1ccc(C2(C(C)CCN)COC2)cc1OC. The summed E-state index contributed by atoms with van der Waals surface area (Å²) in [5.41, 5.74) is 7.02. The van der Waals surface area contributed by atoms with E-state index in [1.54, 1.807) is 14.2 Å². The van der Waals surface area contributed by atoms with Gasteiger partial charge in [0.2, 0.25) is 0 Å². The van der Waals surface area contributed by atoms with Crippen molar-refractivity contribution in [3.8, 4) is 11.5 Å². The third-order valence-electron chi connectivity index (χ3n) is 4.22. The predicted octanol–water partition coefficient (Wildman–Crippen LogP) is 1.96. The van der Waals surface area contributed by atoms with E-state index in [1.165, 1.54) is 5.56 Å². The molecule has 1 saturated heterocycles. The first-order chi connectivity index (χ1) is 9.17. The van der Waals surface area contributed by atoms with Gasteiger partial charge in [-0.05, 0) is 36.6 Å². The number of nitrogens with two attached hydrogens (primary N) is 1. The minimum Gasteiger partial charge on any atom is -0.493 e. The Morgan fingerprint density at radius 3 is 2.42 bits per heavy atom. The zero-order valence-corrected chi connectivity index (χ0v) is 11.9. The Bertz CT molecular complexity index is 429. The molecular formula is C15H23NO3. The summed E-state index contributed by atoms with van der Waals surface area (Å²) in [6.07, 6.45) is 0.998. The van der Waals surface area contributed by atoms with Crippen LogP contribution in [0.25, 0.3) is 0 Å². The van der Waals surface area contributed by atoms with Crippen LogP contribution in [0.15, 0.2) is 18.2 Å². The lowest BCUT2D eigenvalue weighted by molar-refractivity contribution is -0.0883. The van der Waals surface area contributed by atoms with Gasteiger partial charge in [0.15, 0.2) is 11.5 Å². The lowest BCUT2D eigenvalue weighted by Gasteiger charge is -2.46. The average Bonchev–Trinajstić information content (AvgIpc) is 2.37. The van der Waals surface area contributed by atoms with E-state index in [2.05, 4.69) is 19.1 Å². The van der Waals surface area contributed by atoms with Gasteiger partial charge in [-0.2, -0.15) is 0 Å². The summed E-state index contributed by atoms with van der Waals surface area (Å²) in [5, 5.41) is 0. The molecule has 1 aliphatic heterocycles. The Kier molecular flexibility index (Phi) is 4.32. The first-order valence-corrected chi connectivity index (χ1v) is 6.68. The third-order valence-corrected chi connectivity index (χ3v) is 4.22. The molecule has 0 aliphatic carbocycles. The van der Waals surface area contributed by atoms with Crippen molar-refractivity contribution in [1.82, 2.24) is 0 Å².